The van der Waals surface area contributed by atoms with E-state index in [0.29, 0.717) is 25.2 Å². The molecule has 1 aromatic rings. The van der Waals surface area contributed by atoms with Crippen molar-refractivity contribution < 1.29 is 9.13 Å². The molecule has 0 aromatic heterocycles. The van der Waals surface area contributed by atoms with Gasteiger partial charge in [0.2, 0.25) is 0 Å². The van der Waals surface area contributed by atoms with Crippen molar-refractivity contribution in [3.05, 3.63) is 29.6 Å². The van der Waals surface area contributed by atoms with Gasteiger partial charge in [-0.25, -0.2) is 4.39 Å². The molecule has 3 nitrogen and oxygen atoms in total. The van der Waals surface area contributed by atoms with Gasteiger partial charge in [0.1, 0.15) is 11.6 Å². The molecule has 1 heterocycles. The van der Waals surface area contributed by atoms with Gasteiger partial charge in [0.25, 0.3) is 0 Å². The van der Waals surface area contributed by atoms with Crippen LogP contribution in [0.25, 0.3) is 0 Å². The molecule has 106 valence electrons. The molecule has 4 heteroatoms. The van der Waals surface area contributed by atoms with E-state index in [2.05, 4.69) is 11.8 Å². The average molecular weight is 266 g/mol. The van der Waals surface area contributed by atoms with Crippen molar-refractivity contribution in [3.8, 4) is 5.75 Å². The van der Waals surface area contributed by atoms with E-state index >= 15 is 0 Å². The predicted molar refractivity (Wildman–Crippen MR) is 74.7 cm³/mol. The summed E-state index contributed by atoms with van der Waals surface area (Å²) >= 11 is 0. The van der Waals surface area contributed by atoms with Crippen LogP contribution in [-0.2, 0) is 6.54 Å². The van der Waals surface area contributed by atoms with E-state index in [1.54, 1.807) is 19.2 Å². The fraction of sp³-hybridized carbons (Fsp3) is 0.600. The number of hydrogen-bond acceptors (Lipinski definition) is 3. The van der Waals surface area contributed by atoms with Crippen molar-refractivity contribution >= 4 is 0 Å². The van der Waals surface area contributed by atoms with E-state index in [9.17, 15) is 4.39 Å². The number of rotatable bonds is 4. The number of hydrogen-bond donors (Lipinski definition) is 1. The topological polar surface area (TPSA) is 38.5 Å². The first-order chi connectivity index (χ1) is 9.15. The maximum absolute atomic E-state index is 13.4. The molecule has 0 spiro atoms. The van der Waals surface area contributed by atoms with Gasteiger partial charge in [-0.15, -0.1) is 0 Å². The minimum Gasteiger partial charge on any atom is -0.496 e. The lowest BCUT2D eigenvalue weighted by Crippen LogP contribution is -2.48. The molecule has 2 rings (SSSR count). The van der Waals surface area contributed by atoms with Crippen LogP contribution in [0, 0.1) is 5.82 Å². The van der Waals surface area contributed by atoms with Gasteiger partial charge in [-0.05, 0) is 38.0 Å². The van der Waals surface area contributed by atoms with E-state index in [-0.39, 0.29) is 5.82 Å². The predicted octanol–water partition coefficient (Wildman–Crippen LogP) is 2.54. The second-order valence-electron chi connectivity index (χ2n) is 5.30. The fourth-order valence-electron chi connectivity index (χ4n) is 2.95. The van der Waals surface area contributed by atoms with Crippen LogP contribution in [0.5, 0.6) is 5.75 Å². The molecule has 1 aliphatic rings. The van der Waals surface area contributed by atoms with Gasteiger partial charge in [-0.2, -0.15) is 0 Å². The van der Waals surface area contributed by atoms with E-state index in [1.807, 2.05) is 0 Å². The number of halogens is 1. The zero-order valence-electron chi connectivity index (χ0n) is 11.7. The van der Waals surface area contributed by atoms with Crippen molar-refractivity contribution in [3.63, 3.8) is 0 Å². The Morgan fingerprint density at radius 1 is 1.42 bits per heavy atom. The minimum absolute atomic E-state index is 0.218. The van der Waals surface area contributed by atoms with E-state index in [1.165, 1.54) is 18.9 Å². The standard InChI is InChI=1S/C15H23FN2O/c1-11-4-3-5-14(9-17)18(11)10-12-8-13(16)6-7-15(12)19-2/h6-8,11,14H,3-5,9-10,17H2,1-2H3. The highest BCUT2D eigenvalue weighted by Gasteiger charge is 2.27. The minimum atomic E-state index is -0.218. The molecule has 1 aliphatic heterocycles. The fourth-order valence-corrected chi connectivity index (χ4v) is 2.95. The molecule has 0 radical (unpaired) electrons. The van der Waals surface area contributed by atoms with Crippen LogP contribution < -0.4 is 10.5 Å². The summed E-state index contributed by atoms with van der Waals surface area (Å²) in [6, 6.07) is 5.55. The number of ether oxygens (including phenoxy) is 1. The molecule has 2 atom stereocenters. The normalized spacial score (nSPS) is 24.4. The van der Waals surface area contributed by atoms with Gasteiger partial charge in [0.15, 0.2) is 0 Å². The SMILES string of the molecule is COc1ccc(F)cc1CN1C(C)CCCC1CN. The zero-order valence-corrected chi connectivity index (χ0v) is 11.7. The van der Waals surface area contributed by atoms with Gasteiger partial charge in [-0.1, -0.05) is 6.42 Å². The van der Waals surface area contributed by atoms with Crippen LogP contribution in [0.2, 0.25) is 0 Å². The third-order valence-electron chi connectivity index (χ3n) is 4.06. The molecule has 0 aliphatic carbocycles. The van der Waals surface area contributed by atoms with Crippen LogP contribution in [-0.4, -0.2) is 30.6 Å². The number of nitrogens with two attached hydrogens (primary N) is 1. The Hall–Kier alpha value is -1.13. The van der Waals surface area contributed by atoms with Gasteiger partial charge in [0, 0.05) is 30.7 Å². The van der Waals surface area contributed by atoms with E-state index in [0.717, 1.165) is 17.7 Å². The van der Waals surface area contributed by atoms with Crippen molar-refractivity contribution in [2.24, 2.45) is 5.73 Å². The number of likely N-dealkylation sites (tertiary alicyclic amines) is 1. The molecule has 0 bridgehead atoms. The first kappa shape index (κ1) is 14.3. The largest absolute Gasteiger partial charge is 0.496 e. The van der Waals surface area contributed by atoms with Crippen molar-refractivity contribution in [1.82, 2.24) is 4.90 Å². The lowest BCUT2D eigenvalue weighted by Gasteiger charge is -2.40. The summed E-state index contributed by atoms with van der Waals surface area (Å²) in [5, 5.41) is 0. The van der Waals surface area contributed by atoms with Gasteiger partial charge in [0.05, 0.1) is 7.11 Å². The second-order valence-corrected chi connectivity index (χ2v) is 5.30. The summed E-state index contributed by atoms with van der Waals surface area (Å²) in [7, 11) is 1.62. The maximum Gasteiger partial charge on any atom is 0.123 e. The first-order valence-corrected chi connectivity index (χ1v) is 6.94. The van der Waals surface area contributed by atoms with Crippen molar-refractivity contribution in [1.29, 1.82) is 0 Å². The van der Waals surface area contributed by atoms with Crippen molar-refractivity contribution in [2.75, 3.05) is 13.7 Å². The van der Waals surface area contributed by atoms with Crippen LogP contribution >= 0.6 is 0 Å². The van der Waals surface area contributed by atoms with Crippen LogP contribution in [0.4, 0.5) is 4.39 Å². The van der Waals surface area contributed by atoms with Crippen LogP contribution in [0.15, 0.2) is 18.2 Å². The highest BCUT2D eigenvalue weighted by molar-refractivity contribution is 5.34. The molecular formula is C15H23FN2O. The molecule has 1 fully saturated rings. The number of nitrogens with zero attached hydrogens (tertiary/aromatic N) is 1. The molecule has 2 unspecified atom stereocenters. The third-order valence-corrected chi connectivity index (χ3v) is 4.06. The Balaban J connectivity index is 2.20. The monoisotopic (exact) mass is 266 g/mol. The van der Waals surface area contributed by atoms with Crippen LogP contribution in [0.3, 0.4) is 0 Å². The van der Waals surface area contributed by atoms with E-state index in [4.69, 9.17) is 10.5 Å². The van der Waals surface area contributed by atoms with E-state index < -0.39 is 0 Å². The first-order valence-electron chi connectivity index (χ1n) is 6.94. The lowest BCUT2D eigenvalue weighted by molar-refractivity contribution is 0.0882. The van der Waals surface area contributed by atoms with Gasteiger partial charge < -0.3 is 10.5 Å². The highest BCUT2D eigenvalue weighted by atomic mass is 19.1. The average Bonchev–Trinajstić information content (AvgIpc) is 2.41. The Labute approximate surface area is 114 Å². The summed E-state index contributed by atoms with van der Waals surface area (Å²) in [6.07, 6.45) is 3.52. The summed E-state index contributed by atoms with van der Waals surface area (Å²) in [5.41, 5.74) is 6.76. The number of benzene rings is 1. The Morgan fingerprint density at radius 2 is 2.21 bits per heavy atom. The van der Waals surface area contributed by atoms with Crippen LogP contribution in [0.1, 0.15) is 31.7 Å². The molecular weight excluding hydrogens is 243 g/mol. The van der Waals surface area contributed by atoms with Gasteiger partial charge >= 0.3 is 0 Å². The summed E-state index contributed by atoms with van der Waals surface area (Å²) in [6.45, 7) is 3.57. The molecule has 2 N–H and O–H groups in total. The van der Waals surface area contributed by atoms with Crippen molar-refractivity contribution in [2.45, 2.75) is 44.8 Å². The zero-order chi connectivity index (χ0) is 13.8. The smallest absolute Gasteiger partial charge is 0.123 e. The molecule has 0 amide bonds. The quantitative estimate of drug-likeness (QED) is 0.910. The summed E-state index contributed by atoms with van der Waals surface area (Å²) < 4.78 is 18.7. The molecule has 19 heavy (non-hydrogen) atoms. The Kier molecular flexibility index (Phi) is 4.77. The number of piperidine rings is 1. The molecule has 1 saturated heterocycles. The number of methoxy groups -OCH3 is 1. The Morgan fingerprint density at radius 3 is 2.89 bits per heavy atom. The molecule has 0 saturated carbocycles. The maximum atomic E-state index is 13.4. The second kappa shape index (κ2) is 6.35. The lowest BCUT2D eigenvalue weighted by atomic mass is 9.95. The van der Waals surface area contributed by atoms with Gasteiger partial charge in [-0.3, -0.25) is 4.90 Å². The summed E-state index contributed by atoms with van der Waals surface area (Å²) in [5.74, 6) is 0.528. The highest BCUT2D eigenvalue weighted by Crippen LogP contribution is 2.28. The molecule has 1 aromatic carbocycles. The summed E-state index contributed by atoms with van der Waals surface area (Å²) in [4.78, 5) is 2.38. The Bertz CT molecular complexity index is 425. The third kappa shape index (κ3) is 3.25.